The van der Waals surface area contributed by atoms with Crippen molar-refractivity contribution >= 4 is 12.0 Å². The van der Waals surface area contributed by atoms with Gasteiger partial charge in [0.25, 0.3) is 0 Å². The molecule has 0 saturated heterocycles. The van der Waals surface area contributed by atoms with Gasteiger partial charge in [-0.3, -0.25) is 4.79 Å². The number of aliphatic carboxylic acids is 1. The van der Waals surface area contributed by atoms with E-state index in [9.17, 15) is 9.59 Å². The molecule has 1 aliphatic rings. The number of hydrogen-bond donors (Lipinski definition) is 3. The summed E-state index contributed by atoms with van der Waals surface area (Å²) >= 11 is 0. The summed E-state index contributed by atoms with van der Waals surface area (Å²) < 4.78 is 0. The first-order valence-corrected chi connectivity index (χ1v) is 7.48. The lowest BCUT2D eigenvalue weighted by molar-refractivity contribution is -0.137. The van der Waals surface area contributed by atoms with Crippen molar-refractivity contribution < 1.29 is 14.7 Å². The second-order valence-electron chi connectivity index (χ2n) is 5.46. The first-order chi connectivity index (χ1) is 10.1. The third-order valence-corrected chi connectivity index (χ3v) is 3.79. The molecule has 1 atom stereocenters. The van der Waals surface area contributed by atoms with Gasteiger partial charge in [0.2, 0.25) is 0 Å². The minimum atomic E-state index is -0.791. The van der Waals surface area contributed by atoms with E-state index in [0.717, 1.165) is 19.3 Å². The van der Waals surface area contributed by atoms with Crippen molar-refractivity contribution in [1.29, 1.82) is 0 Å². The third kappa shape index (κ3) is 5.10. The lowest BCUT2D eigenvalue weighted by atomic mass is 9.88. The highest BCUT2D eigenvalue weighted by Gasteiger charge is 2.19. The maximum absolute atomic E-state index is 11.8. The van der Waals surface area contributed by atoms with Crippen LogP contribution in [0, 0.1) is 0 Å². The van der Waals surface area contributed by atoms with Gasteiger partial charge in [-0.2, -0.15) is 0 Å². The molecular formula is C16H22N2O3. The Bertz CT molecular complexity index is 502. The maximum Gasteiger partial charge on any atom is 0.315 e. The number of carboxylic acids is 1. The lowest BCUT2D eigenvalue weighted by Crippen LogP contribution is -2.44. The van der Waals surface area contributed by atoms with E-state index in [-0.39, 0.29) is 18.5 Å². The summed E-state index contributed by atoms with van der Waals surface area (Å²) in [5.41, 5.74) is 2.69. The highest BCUT2D eigenvalue weighted by molar-refractivity contribution is 5.74. The highest BCUT2D eigenvalue weighted by Crippen LogP contribution is 2.20. The van der Waals surface area contributed by atoms with Gasteiger partial charge in [-0.1, -0.05) is 24.3 Å². The molecule has 0 spiro atoms. The van der Waals surface area contributed by atoms with E-state index >= 15 is 0 Å². The molecule has 1 unspecified atom stereocenters. The van der Waals surface area contributed by atoms with E-state index in [1.54, 1.807) is 0 Å². The van der Waals surface area contributed by atoms with Crippen LogP contribution < -0.4 is 10.6 Å². The summed E-state index contributed by atoms with van der Waals surface area (Å²) in [4.78, 5) is 22.1. The van der Waals surface area contributed by atoms with Crippen LogP contribution >= 0.6 is 0 Å². The topological polar surface area (TPSA) is 78.4 Å². The van der Waals surface area contributed by atoms with Gasteiger partial charge in [0.05, 0.1) is 0 Å². The fourth-order valence-corrected chi connectivity index (χ4v) is 2.66. The van der Waals surface area contributed by atoms with Crippen LogP contribution in [0.1, 0.15) is 36.8 Å². The summed E-state index contributed by atoms with van der Waals surface area (Å²) in [6.07, 6.45) is 4.27. The molecule has 21 heavy (non-hydrogen) atoms. The number of fused-ring (bicyclic) bond motifs is 1. The minimum Gasteiger partial charge on any atom is -0.481 e. The summed E-state index contributed by atoms with van der Waals surface area (Å²) in [6.45, 7) is 0.516. The molecule has 1 aromatic carbocycles. The zero-order valence-corrected chi connectivity index (χ0v) is 12.1. The second-order valence-corrected chi connectivity index (χ2v) is 5.46. The minimum absolute atomic E-state index is 0.155. The van der Waals surface area contributed by atoms with E-state index < -0.39 is 5.97 Å². The third-order valence-electron chi connectivity index (χ3n) is 3.79. The molecule has 0 saturated carbocycles. The molecule has 0 heterocycles. The molecule has 5 heteroatoms. The molecular weight excluding hydrogens is 268 g/mol. The molecule has 3 N–H and O–H groups in total. The fraction of sp³-hybridized carbons (Fsp3) is 0.500. The lowest BCUT2D eigenvalue weighted by Gasteiger charge is -2.25. The summed E-state index contributed by atoms with van der Waals surface area (Å²) in [5.74, 6) is -0.791. The van der Waals surface area contributed by atoms with Crippen molar-refractivity contribution in [2.24, 2.45) is 0 Å². The summed E-state index contributed by atoms with van der Waals surface area (Å²) in [6, 6.07) is 8.37. The molecule has 1 aromatic rings. The Morgan fingerprint density at radius 2 is 1.95 bits per heavy atom. The van der Waals surface area contributed by atoms with Gasteiger partial charge in [0.15, 0.2) is 0 Å². The number of unbranched alkanes of at least 4 members (excludes halogenated alkanes) is 1. The largest absolute Gasteiger partial charge is 0.481 e. The van der Waals surface area contributed by atoms with Crippen LogP contribution in [-0.2, 0) is 17.6 Å². The van der Waals surface area contributed by atoms with Crippen molar-refractivity contribution in [1.82, 2.24) is 10.6 Å². The maximum atomic E-state index is 11.8. The van der Waals surface area contributed by atoms with Crippen LogP contribution in [0.3, 0.4) is 0 Å². The zero-order valence-electron chi connectivity index (χ0n) is 12.1. The van der Waals surface area contributed by atoms with Crippen molar-refractivity contribution in [3.63, 3.8) is 0 Å². The van der Waals surface area contributed by atoms with E-state index in [4.69, 9.17) is 5.11 Å². The average Bonchev–Trinajstić information content (AvgIpc) is 2.46. The van der Waals surface area contributed by atoms with E-state index in [2.05, 4.69) is 28.8 Å². The van der Waals surface area contributed by atoms with Crippen LogP contribution in [0.2, 0.25) is 0 Å². The smallest absolute Gasteiger partial charge is 0.315 e. The number of carbonyl (C=O) groups excluding carboxylic acids is 1. The predicted molar refractivity (Wildman–Crippen MR) is 80.3 cm³/mol. The number of benzene rings is 1. The van der Waals surface area contributed by atoms with E-state index in [1.165, 1.54) is 11.1 Å². The summed E-state index contributed by atoms with van der Waals surface area (Å²) in [7, 11) is 0. The van der Waals surface area contributed by atoms with Gasteiger partial charge in [0.1, 0.15) is 0 Å². The zero-order chi connectivity index (χ0) is 15.1. The van der Waals surface area contributed by atoms with E-state index in [0.29, 0.717) is 19.4 Å². The SMILES string of the molecule is O=C(O)CCCCNC(=O)NC1CCc2ccccc2C1. The molecule has 5 nitrogen and oxygen atoms in total. The Morgan fingerprint density at radius 3 is 2.71 bits per heavy atom. The van der Waals surface area contributed by atoms with Crippen LogP contribution in [0.5, 0.6) is 0 Å². The van der Waals surface area contributed by atoms with Crippen molar-refractivity contribution in [2.45, 2.75) is 44.6 Å². The molecule has 1 aliphatic carbocycles. The van der Waals surface area contributed by atoms with Gasteiger partial charge in [0, 0.05) is 19.0 Å². The van der Waals surface area contributed by atoms with Crippen molar-refractivity contribution in [2.75, 3.05) is 6.54 Å². The fourth-order valence-electron chi connectivity index (χ4n) is 2.66. The van der Waals surface area contributed by atoms with Crippen LogP contribution in [-0.4, -0.2) is 29.7 Å². The van der Waals surface area contributed by atoms with Crippen molar-refractivity contribution in [3.05, 3.63) is 35.4 Å². The Hall–Kier alpha value is -2.04. The van der Waals surface area contributed by atoms with Gasteiger partial charge < -0.3 is 15.7 Å². The number of aryl methyl sites for hydroxylation is 1. The number of rotatable bonds is 6. The standard InChI is InChI=1S/C16H22N2O3/c19-15(20)7-3-4-10-17-16(21)18-14-9-8-12-5-1-2-6-13(12)11-14/h1-2,5-6,14H,3-4,7-11H2,(H,19,20)(H2,17,18,21). The molecule has 0 bridgehead atoms. The normalized spacial score (nSPS) is 16.9. The van der Waals surface area contributed by atoms with Gasteiger partial charge in [-0.05, 0) is 43.2 Å². The molecule has 2 amide bonds. The molecule has 0 fully saturated rings. The number of nitrogens with one attached hydrogen (secondary N) is 2. The monoisotopic (exact) mass is 290 g/mol. The number of amides is 2. The van der Waals surface area contributed by atoms with Crippen LogP contribution in [0.25, 0.3) is 0 Å². The van der Waals surface area contributed by atoms with Crippen LogP contribution in [0.4, 0.5) is 4.79 Å². The highest BCUT2D eigenvalue weighted by atomic mass is 16.4. The van der Waals surface area contributed by atoms with Gasteiger partial charge in [-0.25, -0.2) is 4.79 Å². The molecule has 114 valence electrons. The summed E-state index contributed by atoms with van der Waals surface area (Å²) in [5, 5.41) is 14.3. The van der Waals surface area contributed by atoms with Gasteiger partial charge >= 0.3 is 12.0 Å². The molecule has 0 aromatic heterocycles. The first-order valence-electron chi connectivity index (χ1n) is 7.48. The Labute approximate surface area is 124 Å². The molecule has 0 radical (unpaired) electrons. The number of hydrogen-bond acceptors (Lipinski definition) is 2. The number of carboxylic acid groups (broad SMARTS) is 1. The van der Waals surface area contributed by atoms with Crippen LogP contribution in [0.15, 0.2) is 24.3 Å². The average molecular weight is 290 g/mol. The Kier molecular flexibility index (Phi) is 5.60. The van der Waals surface area contributed by atoms with Crippen molar-refractivity contribution in [3.8, 4) is 0 Å². The number of carbonyl (C=O) groups is 2. The van der Waals surface area contributed by atoms with E-state index in [1.807, 2.05) is 6.07 Å². The molecule has 0 aliphatic heterocycles. The second kappa shape index (κ2) is 7.67. The van der Waals surface area contributed by atoms with Gasteiger partial charge in [-0.15, -0.1) is 0 Å². The molecule has 2 rings (SSSR count). The Balaban J connectivity index is 1.66. The Morgan fingerprint density at radius 1 is 1.19 bits per heavy atom. The predicted octanol–water partition coefficient (Wildman–Crippen LogP) is 2.10. The number of urea groups is 1. The first kappa shape index (κ1) is 15.4. The quantitative estimate of drug-likeness (QED) is 0.702.